The normalized spacial score (nSPS) is 11.4. The first-order valence-electron chi connectivity index (χ1n) is 5.58. The van der Waals surface area contributed by atoms with E-state index in [0.717, 1.165) is 0 Å². The van der Waals surface area contributed by atoms with E-state index in [2.05, 4.69) is 15.9 Å². The lowest BCUT2D eigenvalue weighted by molar-refractivity contribution is 0.297. The largest absolute Gasteiger partial charge is 0.487 e. The van der Waals surface area contributed by atoms with Crippen molar-refractivity contribution in [3.05, 3.63) is 57.3 Å². The Morgan fingerprint density at radius 2 is 1.90 bits per heavy atom. The van der Waals surface area contributed by atoms with E-state index in [-0.39, 0.29) is 22.3 Å². The molecule has 8 heteroatoms. The molecule has 0 spiro atoms. The molecule has 0 aliphatic heterocycles. The minimum absolute atomic E-state index is 0.00594. The molecule has 112 valence electrons. The Morgan fingerprint density at radius 3 is 2.52 bits per heavy atom. The van der Waals surface area contributed by atoms with Crippen LogP contribution in [0, 0.1) is 5.82 Å². The van der Waals surface area contributed by atoms with Crippen LogP contribution in [0.25, 0.3) is 0 Å². The molecule has 0 bridgehead atoms. The van der Waals surface area contributed by atoms with Crippen LogP contribution >= 0.6 is 38.2 Å². The Bertz CT molecular complexity index is 781. The molecule has 0 heterocycles. The molecule has 0 unspecified atom stereocenters. The van der Waals surface area contributed by atoms with Crippen LogP contribution in [-0.4, -0.2) is 8.42 Å². The molecule has 2 aromatic rings. The van der Waals surface area contributed by atoms with Gasteiger partial charge in [0.15, 0.2) is 0 Å². The number of rotatable bonds is 4. The van der Waals surface area contributed by atoms with Gasteiger partial charge in [0, 0.05) is 15.2 Å². The molecule has 0 aliphatic carbocycles. The smallest absolute Gasteiger partial charge is 0.265 e. The van der Waals surface area contributed by atoms with Gasteiger partial charge in [-0.05, 0) is 35.9 Å². The van der Waals surface area contributed by atoms with E-state index in [9.17, 15) is 12.8 Å². The minimum atomic E-state index is -3.95. The fraction of sp³-hybridized carbons (Fsp3) is 0.0769. The van der Waals surface area contributed by atoms with Crippen LogP contribution in [0.1, 0.15) is 5.56 Å². The third kappa shape index (κ3) is 4.32. The third-order valence-corrected chi connectivity index (χ3v) is 4.69. The maximum Gasteiger partial charge on any atom is 0.265 e. The molecule has 0 N–H and O–H groups in total. The van der Waals surface area contributed by atoms with Crippen molar-refractivity contribution in [1.82, 2.24) is 0 Å². The second-order valence-electron chi connectivity index (χ2n) is 4.07. The van der Waals surface area contributed by atoms with E-state index in [0.29, 0.717) is 10.0 Å². The lowest BCUT2D eigenvalue weighted by atomic mass is 10.2. The second kappa shape index (κ2) is 6.52. The van der Waals surface area contributed by atoms with E-state index in [1.165, 1.54) is 24.3 Å². The molecular weight excluding hydrogens is 406 g/mol. The number of halogens is 4. The quantitative estimate of drug-likeness (QED) is 0.679. The highest BCUT2D eigenvalue weighted by molar-refractivity contribution is 9.10. The number of hydrogen-bond donors (Lipinski definition) is 0. The molecule has 3 nitrogen and oxygen atoms in total. The third-order valence-electron chi connectivity index (χ3n) is 2.55. The van der Waals surface area contributed by atoms with Gasteiger partial charge in [-0.15, -0.1) is 0 Å². The summed E-state index contributed by atoms with van der Waals surface area (Å²) in [6.45, 7) is -0.0187. The van der Waals surface area contributed by atoms with Crippen molar-refractivity contribution >= 4 is 47.3 Å². The van der Waals surface area contributed by atoms with E-state index in [4.69, 9.17) is 27.0 Å². The van der Waals surface area contributed by atoms with Gasteiger partial charge in [0.1, 0.15) is 23.1 Å². The van der Waals surface area contributed by atoms with E-state index in [1.807, 2.05) is 0 Å². The van der Waals surface area contributed by atoms with Gasteiger partial charge in [-0.3, -0.25) is 0 Å². The fourth-order valence-electron chi connectivity index (χ4n) is 1.58. The summed E-state index contributed by atoms with van der Waals surface area (Å²) in [4.78, 5) is -0.159. The maximum atomic E-state index is 13.3. The molecule has 21 heavy (non-hydrogen) atoms. The van der Waals surface area contributed by atoms with Crippen molar-refractivity contribution in [1.29, 1.82) is 0 Å². The summed E-state index contributed by atoms with van der Waals surface area (Å²) in [6.07, 6.45) is 0. The SMILES string of the molecule is O=S(=O)(Cl)c1cc(Br)ccc1OCc1ccc(Cl)c(F)c1. The zero-order valence-corrected chi connectivity index (χ0v) is 14.2. The first kappa shape index (κ1) is 16.5. The average Bonchev–Trinajstić information content (AvgIpc) is 2.40. The summed E-state index contributed by atoms with van der Waals surface area (Å²) in [6, 6.07) is 8.61. The molecule has 2 rings (SSSR count). The van der Waals surface area contributed by atoms with Gasteiger partial charge in [0.25, 0.3) is 9.05 Å². The van der Waals surface area contributed by atoms with Crippen molar-refractivity contribution in [3.8, 4) is 5.75 Å². The van der Waals surface area contributed by atoms with Gasteiger partial charge in [-0.25, -0.2) is 12.8 Å². The van der Waals surface area contributed by atoms with Crippen LogP contribution in [0.2, 0.25) is 5.02 Å². The number of ether oxygens (including phenoxy) is 1. The van der Waals surface area contributed by atoms with Gasteiger partial charge in [-0.1, -0.05) is 33.6 Å². The Balaban J connectivity index is 2.26. The predicted octanol–water partition coefficient (Wildman–Crippen LogP) is 4.75. The lowest BCUT2D eigenvalue weighted by Crippen LogP contribution is -2.01. The summed E-state index contributed by atoms with van der Waals surface area (Å²) >= 11 is 8.74. The lowest BCUT2D eigenvalue weighted by Gasteiger charge is -2.10. The van der Waals surface area contributed by atoms with Crippen molar-refractivity contribution < 1.29 is 17.5 Å². The Morgan fingerprint density at radius 1 is 1.19 bits per heavy atom. The molecule has 0 amide bonds. The van der Waals surface area contributed by atoms with Crippen molar-refractivity contribution in [3.63, 3.8) is 0 Å². The van der Waals surface area contributed by atoms with Gasteiger partial charge < -0.3 is 4.74 Å². The Kier molecular flexibility index (Phi) is 5.14. The highest BCUT2D eigenvalue weighted by atomic mass is 79.9. The summed E-state index contributed by atoms with van der Waals surface area (Å²) < 4.78 is 42.3. The Labute approximate surface area is 139 Å². The Hall–Kier alpha value is -0.820. The molecule has 0 aromatic heterocycles. The van der Waals surface area contributed by atoms with Crippen LogP contribution in [-0.2, 0) is 15.7 Å². The van der Waals surface area contributed by atoms with Gasteiger partial charge in [-0.2, -0.15) is 0 Å². The van der Waals surface area contributed by atoms with E-state index >= 15 is 0 Å². The molecule has 0 saturated carbocycles. The predicted molar refractivity (Wildman–Crippen MR) is 82.9 cm³/mol. The van der Waals surface area contributed by atoms with Crippen LogP contribution < -0.4 is 4.74 Å². The first-order chi connectivity index (χ1) is 9.77. The summed E-state index contributed by atoms with van der Waals surface area (Å²) in [5.41, 5.74) is 0.512. The molecular formula is C13H8BrCl2FO3S. The molecule has 0 aliphatic rings. The zero-order valence-electron chi connectivity index (χ0n) is 10.3. The number of hydrogen-bond acceptors (Lipinski definition) is 3. The van der Waals surface area contributed by atoms with Crippen LogP contribution in [0.15, 0.2) is 45.8 Å². The molecule has 0 fully saturated rings. The summed E-state index contributed by atoms with van der Waals surface area (Å²) in [7, 11) is 1.40. The van der Waals surface area contributed by atoms with Crippen LogP contribution in [0.5, 0.6) is 5.75 Å². The van der Waals surface area contributed by atoms with Crippen LogP contribution in [0.3, 0.4) is 0 Å². The molecule has 0 saturated heterocycles. The van der Waals surface area contributed by atoms with E-state index < -0.39 is 14.9 Å². The number of benzene rings is 2. The fourth-order valence-corrected chi connectivity index (χ4v) is 3.21. The maximum absolute atomic E-state index is 13.3. The molecule has 0 radical (unpaired) electrons. The molecule has 0 atom stereocenters. The monoisotopic (exact) mass is 412 g/mol. The van der Waals surface area contributed by atoms with Gasteiger partial charge in [0.05, 0.1) is 5.02 Å². The van der Waals surface area contributed by atoms with Gasteiger partial charge >= 0.3 is 0 Å². The summed E-state index contributed by atoms with van der Waals surface area (Å²) in [5, 5.41) is 0.00594. The standard InChI is InChI=1S/C13H8BrCl2FO3S/c14-9-2-4-12(13(6-9)21(16,18)19)20-7-8-1-3-10(15)11(17)5-8/h1-6H,7H2. The highest BCUT2D eigenvalue weighted by Gasteiger charge is 2.17. The second-order valence-corrected chi connectivity index (χ2v) is 7.92. The van der Waals surface area contributed by atoms with Crippen molar-refractivity contribution in [2.45, 2.75) is 11.5 Å². The highest BCUT2D eigenvalue weighted by Crippen LogP contribution is 2.30. The zero-order chi connectivity index (χ0) is 15.6. The minimum Gasteiger partial charge on any atom is -0.487 e. The van der Waals surface area contributed by atoms with E-state index in [1.54, 1.807) is 12.1 Å². The van der Waals surface area contributed by atoms with Gasteiger partial charge in [0.2, 0.25) is 0 Å². The first-order valence-corrected chi connectivity index (χ1v) is 9.06. The van der Waals surface area contributed by atoms with Crippen LogP contribution in [0.4, 0.5) is 4.39 Å². The summed E-state index contributed by atoms with van der Waals surface area (Å²) in [5.74, 6) is -0.484. The topological polar surface area (TPSA) is 43.4 Å². The van der Waals surface area contributed by atoms with Crippen molar-refractivity contribution in [2.75, 3.05) is 0 Å². The van der Waals surface area contributed by atoms with Crippen molar-refractivity contribution in [2.24, 2.45) is 0 Å². The molecule has 2 aromatic carbocycles. The average molecular weight is 414 g/mol.